The van der Waals surface area contributed by atoms with Gasteiger partial charge < -0.3 is 10.2 Å². The molecule has 0 saturated heterocycles. The Morgan fingerprint density at radius 1 is 1.26 bits per heavy atom. The Bertz CT molecular complexity index is 1410. The molecule has 178 valence electrons. The first-order valence-corrected chi connectivity index (χ1v) is 12.3. The number of hydrogen-bond donors (Lipinski definition) is 1. The molecular formula is C26H24BrClN6O. The van der Waals surface area contributed by atoms with Crippen molar-refractivity contribution in [2.24, 2.45) is 0 Å². The third-order valence-electron chi connectivity index (χ3n) is 5.73. The van der Waals surface area contributed by atoms with E-state index in [0.29, 0.717) is 29.3 Å². The van der Waals surface area contributed by atoms with E-state index in [1.807, 2.05) is 49.4 Å². The Morgan fingerprint density at radius 2 is 2.06 bits per heavy atom. The SMILES string of the molecule is CC(C#N)c1cccc(C(=O)N(C)CCCNc2cc(-c3ccccc3Cl)nc3c(Br)cnn23)c1. The van der Waals surface area contributed by atoms with Gasteiger partial charge in [0, 0.05) is 42.4 Å². The molecular weight excluding hydrogens is 528 g/mol. The van der Waals surface area contributed by atoms with Gasteiger partial charge in [0.25, 0.3) is 5.91 Å². The number of benzene rings is 2. The van der Waals surface area contributed by atoms with Crippen molar-refractivity contribution >= 4 is 44.9 Å². The Balaban J connectivity index is 1.44. The van der Waals surface area contributed by atoms with Gasteiger partial charge in [-0.05, 0) is 53.0 Å². The third-order valence-corrected chi connectivity index (χ3v) is 6.62. The fourth-order valence-electron chi connectivity index (χ4n) is 3.74. The summed E-state index contributed by atoms with van der Waals surface area (Å²) >= 11 is 9.92. The van der Waals surface area contributed by atoms with Gasteiger partial charge in [-0.25, -0.2) is 4.98 Å². The van der Waals surface area contributed by atoms with Crippen LogP contribution in [0.5, 0.6) is 0 Å². The number of rotatable bonds is 8. The zero-order chi connectivity index (χ0) is 24.9. The van der Waals surface area contributed by atoms with Crippen LogP contribution in [0.4, 0.5) is 5.82 Å². The maximum absolute atomic E-state index is 12.9. The van der Waals surface area contributed by atoms with Crippen LogP contribution in [-0.2, 0) is 0 Å². The molecule has 0 radical (unpaired) electrons. The molecule has 0 aliphatic heterocycles. The number of aromatic nitrogens is 3. The van der Waals surface area contributed by atoms with E-state index in [2.05, 4.69) is 32.4 Å². The molecule has 4 rings (SSSR count). The summed E-state index contributed by atoms with van der Waals surface area (Å²) in [5, 5.41) is 17.6. The maximum atomic E-state index is 12.9. The number of amides is 1. The van der Waals surface area contributed by atoms with Crippen molar-refractivity contribution in [3.63, 3.8) is 0 Å². The highest BCUT2D eigenvalue weighted by Gasteiger charge is 2.15. The van der Waals surface area contributed by atoms with E-state index in [0.717, 1.165) is 33.5 Å². The molecule has 4 aromatic rings. The van der Waals surface area contributed by atoms with Gasteiger partial charge in [-0.1, -0.05) is 41.9 Å². The molecule has 0 aliphatic carbocycles. The molecule has 35 heavy (non-hydrogen) atoms. The summed E-state index contributed by atoms with van der Waals surface area (Å²) in [7, 11) is 1.79. The average molecular weight is 552 g/mol. The molecule has 9 heteroatoms. The zero-order valence-electron chi connectivity index (χ0n) is 19.4. The number of carbonyl (C=O) groups excluding carboxylic acids is 1. The van der Waals surface area contributed by atoms with Crippen molar-refractivity contribution in [2.45, 2.75) is 19.3 Å². The Kier molecular flexibility index (Phi) is 7.69. The van der Waals surface area contributed by atoms with Crippen LogP contribution in [-0.4, -0.2) is 45.5 Å². The number of nitriles is 1. The maximum Gasteiger partial charge on any atom is 0.253 e. The van der Waals surface area contributed by atoms with Crippen molar-refractivity contribution in [3.05, 3.63) is 81.4 Å². The molecule has 1 N–H and O–H groups in total. The summed E-state index contributed by atoms with van der Waals surface area (Å²) in [5.74, 6) is 0.454. The molecule has 2 aromatic heterocycles. The van der Waals surface area contributed by atoms with Crippen LogP contribution >= 0.6 is 27.5 Å². The highest BCUT2D eigenvalue weighted by atomic mass is 79.9. The summed E-state index contributed by atoms with van der Waals surface area (Å²) in [6.07, 6.45) is 2.43. The lowest BCUT2D eigenvalue weighted by Gasteiger charge is -2.18. The van der Waals surface area contributed by atoms with Gasteiger partial charge in [-0.15, -0.1) is 0 Å². The molecule has 1 unspecified atom stereocenters. The van der Waals surface area contributed by atoms with E-state index in [1.165, 1.54) is 0 Å². The predicted molar refractivity (Wildman–Crippen MR) is 142 cm³/mol. The van der Waals surface area contributed by atoms with Crippen molar-refractivity contribution in [2.75, 3.05) is 25.5 Å². The number of fused-ring (bicyclic) bond motifs is 1. The first-order valence-electron chi connectivity index (χ1n) is 11.2. The quantitative estimate of drug-likeness (QED) is 0.271. The van der Waals surface area contributed by atoms with Crippen LogP contribution in [0, 0.1) is 11.3 Å². The molecule has 1 atom stereocenters. The number of halogens is 2. The van der Waals surface area contributed by atoms with Crippen molar-refractivity contribution in [3.8, 4) is 17.3 Å². The summed E-state index contributed by atoms with van der Waals surface area (Å²) in [6.45, 7) is 3.02. The fraction of sp³-hybridized carbons (Fsp3) is 0.231. The molecule has 2 heterocycles. The van der Waals surface area contributed by atoms with Crippen LogP contribution in [0.3, 0.4) is 0 Å². The fourth-order valence-corrected chi connectivity index (χ4v) is 4.32. The van der Waals surface area contributed by atoms with Crippen molar-refractivity contribution in [1.82, 2.24) is 19.5 Å². The van der Waals surface area contributed by atoms with Gasteiger partial charge in [0.1, 0.15) is 5.82 Å². The van der Waals surface area contributed by atoms with Crippen LogP contribution in [0.25, 0.3) is 16.9 Å². The number of hydrogen-bond acceptors (Lipinski definition) is 5. The van der Waals surface area contributed by atoms with E-state index < -0.39 is 0 Å². The van der Waals surface area contributed by atoms with Crippen LogP contribution in [0.15, 0.2) is 65.3 Å². The summed E-state index contributed by atoms with van der Waals surface area (Å²) in [5.41, 5.74) is 3.69. The summed E-state index contributed by atoms with van der Waals surface area (Å²) < 4.78 is 2.52. The normalized spacial score (nSPS) is 11.7. The van der Waals surface area contributed by atoms with E-state index in [1.54, 1.807) is 34.8 Å². The smallest absolute Gasteiger partial charge is 0.253 e. The molecule has 0 spiro atoms. The van der Waals surface area contributed by atoms with Crippen LogP contribution < -0.4 is 5.32 Å². The summed E-state index contributed by atoms with van der Waals surface area (Å²) in [6, 6.07) is 19.0. The zero-order valence-corrected chi connectivity index (χ0v) is 21.7. The predicted octanol–water partition coefficient (Wildman–Crippen LogP) is 6.01. The number of anilines is 1. The van der Waals surface area contributed by atoms with Gasteiger partial charge in [-0.3, -0.25) is 4.79 Å². The van der Waals surface area contributed by atoms with Gasteiger partial charge in [0.05, 0.1) is 28.4 Å². The lowest BCUT2D eigenvalue weighted by molar-refractivity contribution is 0.0794. The second-order valence-electron chi connectivity index (χ2n) is 8.22. The lowest BCUT2D eigenvalue weighted by atomic mass is 10.00. The van der Waals surface area contributed by atoms with Gasteiger partial charge in [-0.2, -0.15) is 14.9 Å². The minimum atomic E-state index is -0.257. The lowest BCUT2D eigenvalue weighted by Crippen LogP contribution is -2.29. The largest absolute Gasteiger partial charge is 0.370 e. The Hall–Kier alpha value is -3.41. The van der Waals surface area contributed by atoms with Crippen LogP contribution in [0.1, 0.15) is 35.2 Å². The van der Waals surface area contributed by atoms with E-state index in [4.69, 9.17) is 21.8 Å². The number of nitrogens with one attached hydrogen (secondary N) is 1. The summed E-state index contributed by atoms with van der Waals surface area (Å²) in [4.78, 5) is 19.3. The van der Waals surface area contributed by atoms with E-state index >= 15 is 0 Å². The average Bonchev–Trinajstić information content (AvgIpc) is 3.26. The highest BCUT2D eigenvalue weighted by Crippen LogP contribution is 2.30. The molecule has 0 fully saturated rings. The molecule has 0 aliphatic rings. The topological polar surface area (TPSA) is 86.3 Å². The van der Waals surface area contributed by atoms with Crippen LogP contribution in [0.2, 0.25) is 5.02 Å². The minimum Gasteiger partial charge on any atom is -0.370 e. The van der Waals surface area contributed by atoms with Gasteiger partial charge in [0.15, 0.2) is 5.65 Å². The van der Waals surface area contributed by atoms with Gasteiger partial charge in [0.2, 0.25) is 0 Å². The molecule has 0 bridgehead atoms. The van der Waals surface area contributed by atoms with Crippen molar-refractivity contribution in [1.29, 1.82) is 5.26 Å². The highest BCUT2D eigenvalue weighted by molar-refractivity contribution is 9.10. The standard InChI is InChI=1S/C26H24BrClN6O/c1-17(15-29)18-7-5-8-19(13-18)26(35)33(2)12-6-11-30-24-14-23(20-9-3-4-10-22(20)28)32-25-21(27)16-31-34(24)25/h3-5,7-10,13-14,16-17,30H,6,11-12H2,1-2H3. The van der Waals surface area contributed by atoms with E-state index in [9.17, 15) is 4.79 Å². The van der Waals surface area contributed by atoms with E-state index in [-0.39, 0.29) is 11.8 Å². The number of carbonyl (C=O) groups is 1. The Morgan fingerprint density at radius 3 is 2.83 bits per heavy atom. The molecule has 2 aromatic carbocycles. The van der Waals surface area contributed by atoms with Crippen molar-refractivity contribution < 1.29 is 4.79 Å². The first-order chi connectivity index (χ1) is 16.9. The first kappa shape index (κ1) is 24.7. The van der Waals surface area contributed by atoms with Gasteiger partial charge >= 0.3 is 0 Å². The Labute approximate surface area is 217 Å². The number of nitrogens with zero attached hydrogens (tertiary/aromatic N) is 5. The second kappa shape index (κ2) is 10.9. The second-order valence-corrected chi connectivity index (χ2v) is 9.48. The third kappa shape index (κ3) is 5.47. The monoisotopic (exact) mass is 550 g/mol. The molecule has 0 saturated carbocycles. The molecule has 7 nitrogen and oxygen atoms in total. The minimum absolute atomic E-state index is 0.0692. The molecule has 1 amide bonds.